The van der Waals surface area contributed by atoms with Crippen molar-refractivity contribution in [2.75, 3.05) is 26.2 Å². The summed E-state index contributed by atoms with van der Waals surface area (Å²) in [5.41, 5.74) is 4.67. The van der Waals surface area contributed by atoms with Gasteiger partial charge in [-0.25, -0.2) is 9.80 Å². The Labute approximate surface area is 196 Å². The van der Waals surface area contributed by atoms with Gasteiger partial charge in [0.25, 0.3) is 15.9 Å². The number of anilines is 1. The first-order valence-corrected chi connectivity index (χ1v) is 11.1. The maximum atomic E-state index is 13.3. The molecule has 0 atom stereocenters. The van der Waals surface area contributed by atoms with Crippen LogP contribution in [0.25, 0.3) is 0 Å². The van der Waals surface area contributed by atoms with E-state index in [0.29, 0.717) is 0 Å². The topological polar surface area (TPSA) is 137 Å². The fourth-order valence-corrected chi connectivity index (χ4v) is 3.74. The first-order chi connectivity index (χ1) is 15.5. The van der Waals surface area contributed by atoms with E-state index in [4.69, 9.17) is 16.3 Å². The first-order valence-electron chi connectivity index (χ1n) is 9.28. The van der Waals surface area contributed by atoms with Crippen LogP contribution in [0.1, 0.15) is 27.6 Å². The molecular weight excluding hydrogens is 474 g/mol. The molecule has 0 aliphatic heterocycles. The highest BCUT2D eigenvalue weighted by Crippen LogP contribution is 2.26. The highest BCUT2D eigenvalue weighted by atomic mass is 35.5. The van der Waals surface area contributed by atoms with Gasteiger partial charge in [0, 0.05) is 21.0 Å². The van der Waals surface area contributed by atoms with Crippen molar-refractivity contribution in [3.05, 3.63) is 58.6 Å². The van der Waals surface area contributed by atoms with Gasteiger partial charge >= 0.3 is 5.97 Å². The molecule has 2 N–H and O–H groups in total. The quantitative estimate of drug-likeness (QED) is 0.244. The minimum absolute atomic E-state index is 0.0274. The van der Waals surface area contributed by atoms with Crippen molar-refractivity contribution in [1.82, 2.24) is 15.9 Å². The Balaban J connectivity index is 2.52. The van der Waals surface area contributed by atoms with E-state index in [9.17, 15) is 22.8 Å². The molecule has 2 aromatic rings. The summed E-state index contributed by atoms with van der Waals surface area (Å²) in [4.78, 5) is 38.1. The Morgan fingerprint density at radius 3 is 2.33 bits per heavy atom. The normalized spacial score (nSPS) is 11.2. The number of hydrogen-bond donors (Lipinski definition) is 2. The zero-order chi connectivity index (χ0) is 24.8. The van der Waals surface area contributed by atoms with Gasteiger partial charge in [-0.1, -0.05) is 23.7 Å². The molecule has 0 fully saturated rings. The maximum Gasteiger partial charge on any atom is 0.340 e. The van der Waals surface area contributed by atoms with Gasteiger partial charge in [-0.05, 0) is 30.3 Å². The fraction of sp³-hybridized carbons (Fsp3) is 0.200. The van der Waals surface area contributed by atoms with Crippen LogP contribution in [0.2, 0.25) is 5.02 Å². The molecule has 0 bridgehead atoms. The number of halogens is 1. The highest BCUT2D eigenvalue weighted by molar-refractivity contribution is 7.90. The summed E-state index contributed by atoms with van der Waals surface area (Å²) in [5.74, 6) is -2.03. The average Bonchev–Trinajstić information content (AvgIpc) is 2.77. The van der Waals surface area contributed by atoms with Crippen molar-refractivity contribution in [1.29, 1.82) is 0 Å². The molecule has 0 spiro atoms. The Morgan fingerprint density at radius 1 is 1.09 bits per heavy atom. The number of nitrogens with zero attached hydrogens (tertiary/aromatic N) is 3. The number of amides is 2. The van der Waals surface area contributed by atoms with E-state index in [1.807, 2.05) is 0 Å². The summed E-state index contributed by atoms with van der Waals surface area (Å²) in [6.45, 7) is 1.21. The predicted molar refractivity (Wildman–Crippen MR) is 122 cm³/mol. The molecule has 33 heavy (non-hydrogen) atoms. The van der Waals surface area contributed by atoms with Crippen LogP contribution in [0, 0.1) is 0 Å². The maximum absolute atomic E-state index is 13.3. The second kappa shape index (κ2) is 10.9. The monoisotopic (exact) mass is 495 g/mol. The molecule has 2 aromatic carbocycles. The van der Waals surface area contributed by atoms with Crippen molar-refractivity contribution in [2.24, 2.45) is 4.40 Å². The molecule has 0 saturated heterocycles. The van der Waals surface area contributed by atoms with Crippen molar-refractivity contribution in [3.8, 4) is 0 Å². The van der Waals surface area contributed by atoms with Crippen LogP contribution in [-0.2, 0) is 19.6 Å². The largest absolute Gasteiger partial charge is 0.465 e. The van der Waals surface area contributed by atoms with E-state index < -0.39 is 27.8 Å². The van der Waals surface area contributed by atoms with E-state index in [2.05, 4.69) is 15.4 Å². The highest BCUT2D eigenvalue weighted by Gasteiger charge is 2.26. The number of methoxy groups -OCH3 is 1. The number of sulfonamides is 1. The summed E-state index contributed by atoms with van der Waals surface area (Å²) in [6, 6.07) is 9.46. The van der Waals surface area contributed by atoms with Crippen LogP contribution >= 0.6 is 11.6 Å². The van der Waals surface area contributed by atoms with Gasteiger partial charge in [0.05, 0.1) is 33.8 Å². The summed E-state index contributed by atoms with van der Waals surface area (Å²) >= 11 is 6.24. The second-order valence-corrected chi connectivity index (χ2v) is 8.78. The van der Waals surface area contributed by atoms with E-state index in [1.165, 1.54) is 43.2 Å². The molecule has 2 rings (SSSR count). The molecule has 13 heteroatoms. The van der Waals surface area contributed by atoms with Crippen molar-refractivity contribution in [2.45, 2.75) is 11.8 Å². The van der Waals surface area contributed by atoms with Crippen LogP contribution < -0.4 is 16.0 Å². The van der Waals surface area contributed by atoms with Crippen molar-refractivity contribution in [3.63, 3.8) is 0 Å². The van der Waals surface area contributed by atoms with E-state index in [1.54, 1.807) is 26.2 Å². The van der Waals surface area contributed by atoms with Gasteiger partial charge in [-0.15, -0.1) is 9.93 Å². The fourth-order valence-electron chi connectivity index (χ4n) is 2.47. The third-order valence-corrected chi connectivity index (χ3v) is 5.52. The molecule has 11 nitrogen and oxygen atoms in total. The Bertz CT molecular complexity index is 1200. The molecule has 176 valence electrons. The summed E-state index contributed by atoms with van der Waals surface area (Å²) in [6.07, 6.45) is 1.12. The van der Waals surface area contributed by atoms with Gasteiger partial charge < -0.3 is 9.64 Å². The number of nitrogens with one attached hydrogen (secondary N) is 2. The molecule has 0 aliphatic rings. The lowest BCUT2D eigenvalue weighted by atomic mass is 10.1. The van der Waals surface area contributed by atoms with Gasteiger partial charge in [0.15, 0.2) is 0 Å². The van der Waals surface area contributed by atoms with Crippen LogP contribution in [0.4, 0.5) is 5.69 Å². The molecule has 0 aliphatic carbocycles. The van der Waals surface area contributed by atoms with Gasteiger partial charge in [-0.3, -0.25) is 15.0 Å². The smallest absolute Gasteiger partial charge is 0.340 e. The molecule has 0 saturated carbocycles. The van der Waals surface area contributed by atoms with Crippen LogP contribution in [-0.4, -0.2) is 58.6 Å². The lowest BCUT2D eigenvalue weighted by Gasteiger charge is -2.25. The van der Waals surface area contributed by atoms with Crippen molar-refractivity contribution >= 4 is 51.4 Å². The van der Waals surface area contributed by atoms with Gasteiger partial charge in [0.1, 0.15) is 6.34 Å². The van der Waals surface area contributed by atoms with E-state index >= 15 is 0 Å². The lowest BCUT2D eigenvalue weighted by molar-refractivity contribution is -0.119. The summed E-state index contributed by atoms with van der Waals surface area (Å²) in [5, 5.41) is 0.694. The SMILES string of the molecule is COC(=O)c1ccccc1N(NNC(C)=O)C(=O)c1ccc(S(=O)(=O)/N=C/N(C)C)cc1Cl. The Morgan fingerprint density at radius 2 is 1.76 bits per heavy atom. The third kappa shape index (κ3) is 6.51. The molecule has 2 amide bonds. The predicted octanol–water partition coefficient (Wildman–Crippen LogP) is 1.61. The number of rotatable bonds is 8. The van der Waals surface area contributed by atoms with Crippen LogP contribution in [0.5, 0.6) is 0 Å². The second-order valence-electron chi connectivity index (χ2n) is 6.74. The molecule has 0 heterocycles. The Kier molecular flexibility index (Phi) is 8.51. The minimum atomic E-state index is -4.05. The molecule has 0 unspecified atom stereocenters. The van der Waals surface area contributed by atoms with Crippen molar-refractivity contribution < 1.29 is 27.5 Å². The number of esters is 1. The standard InChI is InChI=1S/C20H22ClN5O6S/c1-13(27)23-24-26(18-8-6-5-7-16(18)20(29)32-4)19(28)15-10-9-14(11-17(15)21)33(30,31)22-12-25(2)3/h5-12,24H,1-4H3,(H,23,27)/b22-12+. The number of benzene rings is 2. The number of carbonyl (C=O) groups excluding carboxylic acids is 3. The van der Waals surface area contributed by atoms with Crippen LogP contribution in [0.3, 0.4) is 0 Å². The molecule has 0 aromatic heterocycles. The average molecular weight is 496 g/mol. The Hall–Kier alpha value is -3.48. The number of hydrogen-bond acceptors (Lipinski definition) is 7. The van der Waals surface area contributed by atoms with Gasteiger partial charge in [0.2, 0.25) is 5.91 Å². The number of hydrazine groups is 2. The zero-order valence-corrected chi connectivity index (χ0v) is 19.8. The third-order valence-electron chi connectivity index (χ3n) is 3.98. The number of para-hydroxylation sites is 1. The molecular formula is C20H22ClN5O6S. The van der Waals surface area contributed by atoms with Gasteiger partial charge in [-0.2, -0.15) is 8.42 Å². The van der Waals surface area contributed by atoms with E-state index in [-0.39, 0.29) is 26.7 Å². The zero-order valence-electron chi connectivity index (χ0n) is 18.2. The number of ether oxygens (including phenoxy) is 1. The summed E-state index contributed by atoms with van der Waals surface area (Å²) < 4.78 is 33.0. The van der Waals surface area contributed by atoms with E-state index in [0.717, 1.165) is 17.4 Å². The number of carbonyl (C=O) groups is 3. The van der Waals surface area contributed by atoms with Crippen LogP contribution in [0.15, 0.2) is 51.8 Å². The lowest BCUT2D eigenvalue weighted by Crippen LogP contribution is -2.52. The first kappa shape index (κ1) is 25.8. The minimum Gasteiger partial charge on any atom is -0.465 e. The molecule has 0 radical (unpaired) electrons. The summed E-state index contributed by atoms with van der Waals surface area (Å²) in [7, 11) is 0.346.